The Morgan fingerprint density at radius 3 is 2.90 bits per heavy atom. The minimum Gasteiger partial charge on any atom is -0.374 e. The van der Waals surface area contributed by atoms with Crippen LogP contribution in [0.2, 0.25) is 0 Å². The summed E-state index contributed by atoms with van der Waals surface area (Å²) in [6, 6.07) is 5.78. The third-order valence-corrected chi connectivity index (χ3v) is 4.58. The fourth-order valence-electron chi connectivity index (χ4n) is 2.79. The summed E-state index contributed by atoms with van der Waals surface area (Å²) in [4.78, 5) is 2.38. The van der Waals surface area contributed by atoms with E-state index < -0.39 is 0 Å². The fraction of sp³-hybridized carbons (Fsp3) is 0.625. The predicted octanol–water partition coefficient (Wildman–Crippen LogP) is 3.35. The Morgan fingerprint density at radius 1 is 1.48 bits per heavy atom. The van der Waals surface area contributed by atoms with Crippen molar-refractivity contribution in [1.29, 1.82) is 0 Å². The Morgan fingerprint density at radius 2 is 2.24 bits per heavy atom. The van der Waals surface area contributed by atoms with Crippen LogP contribution in [0.3, 0.4) is 0 Å². The van der Waals surface area contributed by atoms with Gasteiger partial charge in [-0.2, -0.15) is 0 Å². The maximum absolute atomic E-state index is 14.4. The number of benzene rings is 1. The lowest BCUT2D eigenvalue weighted by atomic mass is 9.99. The largest absolute Gasteiger partial charge is 0.374 e. The molecule has 21 heavy (non-hydrogen) atoms. The van der Waals surface area contributed by atoms with Crippen molar-refractivity contribution in [1.82, 2.24) is 10.2 Å². The van der Waals surface area contributed by atoms with E-state index in [4.69, 9.17) is 4.74 Å². The van der Waals surface area contributed by atoms with Crippen molar-refractivity contribution in [3.05, 3.63) is 34.1 Å². The van der Waals surface area contributed by atoms with E-state index in [0.717, 1.165) is 19.6 Å². The number of rotatable bonds is 5. The Kier molecular flexibility index (Phi) is 6.17. The molecule has 1 aromatic rings. The third-order valence-electron chi connectivity index (χ3n) is 3.97. The van der Waals surface area contributed by atoms with Gasteiger partial charge in [0.15, 0.2) is 0 Å². The van der Waals surface area contributed by atoms with E-state index in [1.54, 1.807) is 6.07 Å². The molecule has 0 aliphatic carbocycles. The van der Waals surface area contributed by atoms with Crippen LogP contribution in [0.4, 0.5) is 4.39 Å². The van der Waals surface area contributed by atoms with E-state index in [9.17, 15) is 4.39 Å². The molecule has 0 amide bonds. The number of nitrogens with zero attached hydrogens (tertiary/aromatic N) is 1. The van der Waals surface area contributed by atoms with Gasteiger partial charge in [0.25, 0.3) is 0 Å². The van der Waals surface area contributed by atoms with Crippen molar-refractivity contribution in [2.75, 3.05) is 26.2 Å². The van der Waals surface area contributed by atoms with Crippen LogP contribution in [-0.4, -0.2) is 43.3 Å². The van der Waals surface area contributed by atoms with Gasteiger partial charge in [0.2, 0.25) is 0 Å². The molecule has 1 aliphatic rings. The van der Waals surface area contributed by atoms with Gasteiger partial charge in [0.1, 0.15) is 5.82 Å². The Bertz CT molecular complexity index is 470. The minimum absolute atomic E-state index is 0.0371. The average molecular weight is 359 g/mol. The summed E-state index contributed by atoms with van der Waals surface area (Å²) in [5.74, 6) is -0.200. The van der Waals surface area contributed by atoms with E-state index in [0.29, 0.717) is 22.7 Å². The zero-order valence-corrected chi connectivity index (χ0v) is 14.5. The number of likely N-dealkylation sites (N-methyl/N-ethyl adjacent to an activating group) is 1. The highest BCUT2D eigenvalue weighted by atomic mass is 79.9. The van der Waals surface area contributed by atoms with Crippen molar-refractivity contribution in [3.8, 4) is 0 Å². The monoisotopic (exact) mass is 358 g/mol. The van der Waals surface area contributed by atoms with E-state index in [-0.39, 0.29) is 18.0 Å². The molecule has 0 radical (unpaired) electrons. The van der Waals surface area contributed by atoms with Gasteiger partial charge in [-0.15, -0.1) is 0 Å². The number of hydrogen-bond acceptors (Lipinski definition) is 3. The molecule has 0 bridgehead atoms. The summed E-state index contributed by atoms with van der Waals surface area (Å²) in [5, 5.41) is 3.38. The number of morpholine rings is 1. The van der Waals surface area contributed by atoms with Crippen molar-refractivity contribution in [3.63, 3.8) is 0 Å². The summed E-state index contributed by atoms with van der Waals surface area (Å²) >= 11 is 3.27. The highest BCUT2D eigenvalue weighted by Crippen LogP contribution is 2.28. The van der Waals surface area contributed by atoms with E-state index in [2.05, 4.69) is 40.0 Å². The van der Waals surface area contributed by atoms with Gasteiger partial charge in [-0.05, 0) is 42.4 Å². The molecule has 1 fully saturated rings. The molecule has 0 spiro atoms. The molecule has 5 heteroatoms. The summed E-state index contributed by atoms with van der Waals surface area (Å²) in [7, 11) is 0. The number of ether oxygens (including phenoxy) is 1. The zero-order valence-electron chi connectivity index (χ0n) is 12.9. The maximum atomic E-state index is 14.4. The van der Waals surface area contributed by atoms with Crippen molar-refractivity contribution in [2.24, 2.45) is 0 Å². The molecule has 0 aromatic heterocycles. The Labute approximate surface area is 135 Å². The molecule has 3 nitrogen and oxygen atoms in total. The second-order valence-corrected chi connectivity index (χ2v) is 6.53. The molecule has 2 atom stereocenters. The topological polar surface area (TPSA) is 24.5 Å². The first-order chi connectivity index (χ1) is 10.0. The van der Waals surface area contributed by atoms with Crippen molar-refractivity contribution < 1.29 is 9.13 Å². The number of halogens is 2. The molecule has 2 unspecified atom stereocenters. The third kappa shape index (κ3) is 4.03. The molecular weight excluding hydrogens is 335 g/mol. The smallest absolute Gasteiger partial charge is 0.142 e. The quantitative estimate of drug-likeness (QED) is 0.873. The van der Waals surface area contributed by atoms with Crippen LogP contribution in [0, 0.1) is 5.82 Å². The molecule has 1 aromatic carbocycles. The van der Waals surface area contributed by atoms with Crippen LogP contribution in [0.25, 0.3) is 0 Å². The lowest BCUT2D eigenvalue weighted by Gasteiger charge is -2.39. The fourth-order valence-corrected chi connectivity index (χ4v) is 3.17. The second-order valence-electron chi connectivity index (χ2n) is 5.68. The standard InChI is InChI=1S/C16H24BrFN2O/c1-4-19-16(12-6-5-7-13(17)15(12)18)14-10-20(11(2)3)8-9-21-14/h5-7,11,14,16,19H,4,8-10H2,1-3H3. The Hall–Kier alpha value is -0.490. The van der Waals surface area contributed by atoms with Crippen LogP contribution in [0.1, 0.15) is 32.4 Å². The first kappa shape index (κ1) is 16.9. The van der Waals surface area contributed by atoms with Gasteiger partial charge >= 0.3 is 0 Å². The van der Waals surface area contributed by atoms with Crippen LogP contribution >= 0.6 is 15.9 Å². The highest BCUT2D eigenvalue weighted by molar-refractivity contribution is 9.10. The van der Waals surface area contributed by atoms with Crippen LogP contribution in [-0.2, 0) is 4.74 Å². The minimum atomic E-state index is -0.200. The molecule has 0 saturated carbocycles. The first-order valence-corrected chi connectivity index (χ1v) is 8.36. The number of nitrogens with one attached hydrogen (secondary N) is 1. The molecule has 2 rings (SSSR count). The van der Waals surface area contributed by atoms with Crippen LogP contribution in [0.15, 0.2) is 22.7 Å². The lowest BCUT2D eigenvalue weighted by Crippen LogP contribution is -2.50. The first-order valence-electron chi connectivity index (χ1n) is 7.57. The number of hydrogen-bond donors (Lipinski definition) is 1. The summed E-state index contributed by atoms with van der Waals surface area (Å²) in [5.41, 5.74) is 0.668. The van der Waals surface area contributed by atoms with Gasteiger partial charge in [0, 0.05) is 24.7 Å². The lowest BCUT2D eigenvalue weighted by molar-refractivity contribution is -0.0563. The van der Waals surface area contributed by atoms with Crippen molar-refractivity contribution >= 4 is 15.9 Å². The molecule has 1 saturated heterocycles. The zero-order chi connectivity index (χ0) is 15.4. The average Bonchev–Trinajstić information content (AvgIpc) is 2.48. The predicted molar refractivity (Wildman–Crippen MR) is 87.0 cm³/mol. The van der Waals surface area contributed by atoms with Crippen LogP contribution < -0.4 is 5.32 Å². The summed E-state index contributed by atoms with van der Waals surface area (Å²) in [6.07, 6.45) is -0.0371. The second kappa shape index (κ2) is 7.68. The van der Waals surface area contributed by atoms with E-state index in [1.165, 1.54) is 0 Å². The Balaban J connectivity index is 2.24. The van der Waals surface area contributed by atoms with E-state index in [1.807, 2.05) is 19.1 Å². The van der Waals surface area contributed by atoms with Gasteiger partial charge < -0.3 is 10.1 Å². The molecule has 1 N–H and O–H groups in total. The van der Waals surface area contributed by atoms with Crippen LogP contribution in [0.5, 0.6) is 0 Å². The van der Waals surface area contributed by atoms with E-state index >= 15 is 0 Å². The normalized spacial score (nSPS) is 21.7. The molecule has 1 aliphatic heterocycles. The van der Waals surface area contributed by atoms with Gasteiger partial charge in [0.05, 0.1) is 23.2 Å². The van der Waals surface area contributed by atoms with Crippen molar-refractivity contribution in [2.45, 2.75) is 39.0 Å². The summed E-state index contributed by atoms with van der Waals surface area (Å²) in [6.45, 7) is 9.63. The highest BCUT2D eigenvalue weighted by Gasteiger charge is 2.31. The van der Waals surface area contributed by atoms with Gasteiger partial charge in [-0.25, -0.2) is 4.39 Å². The summed E-state index contributed by atoms with van der Waals surface area (Å²) < 4.78 is 20.9. The molecule has 1 heterocycles. The van der Waals surface area contributed by atoms with Gasteiger partial charge in [-0.1, -0.05) is 19.1 Å². The van der Waals surface area contributed by atoms with Gasteiger partial charge in [-0.3, -0.25) is 4.90 Å². The maximum Gasteiger partial charge on any atom is 0.142 e. The molecule has 118 valence electrons. The molecular formula is C16H24BrFN2O. The SMILES string of the molecule is CCNC(c1cccc(Br)c1F)C1CN(C(C)C)CCO1.